The molecule has 0 amide bonds. The summed E-state index contributed by atoms with van der Waals surface area (Å²) in [5.74, 6) is 0. The van der Waals surface area contributed by atoms with E-state index in [9.17, 15) is 13.0 Å². The first-order chi connectivity index (χ1) is 12.6. The Hall–Kier alpha value is -0.653. The van der Waals surface area contributed by atoms with E-state index in [0.717, 1.165) is 29.6 Å². The topological polar surface area (TPSA) is 54.4 Å². The van der Waals surface area contributed by atoms with Crippen molar-refractivity contribution in [2.45, 2.75) is 109 Å². The van der Waals surface area contributed by atoms with E-state index in [2.05, 4.69) is 47.6 Å². The SMILES string of the molecule is CCCCCCCC[Si](c1cc(CC)ccc1S(=O)(=O)O)(C(C)C)C(C)C. The van der Waals surface area contributed by atoms with E-state index < -0.39 is 18.2 Å². The fraction of sp³-hybridized carbons (Fsp3) is 0.727. The molecule has 27 heavy (non-hydrogen) atoms. The smallest absolute Gasteiger partial charge is 0.282 e. The fourth-order valence-electron chi connectivity index (χ4n) is 4.58. The lowest BCUT2D eigenvalue weighted by molar-refractivity contribution is 0.483. The maximum atomic E-state index is 12.2. The Morgan fingerprint density at radius 3 is 1.96 bits per heavy atom. The molecule has 0 atom stereocenters. The Balaban J connectivity index is 3.35. The van der Waals surface area contributed by atoms with Crippen LogP contribution in [0.3, 0.4) is 0 Å². The van der Waals surface area contributed by atoms with Crippen LogP contribution < -0.4 is 5.19 Å². The van der Waals surface area contributed by atoms with E-state index in [4.69, 9.17) is 0 Å². The van der Waals surface area contributed by atoms with Crippen LogP contribution in [0.1, 0.15) is 85.6 Å². The first kappa shape index (κ1) is 24.4. The van der Waals surface area contributed by atoms with E-state index in [1.54, 1.807) is 6.07 Å². The van der Waals surface area contributed by atoms with Crippen LogP contribution in [-0.2, 0) is 16.5 Å². The second-order valence-corrected chi connectivity index (χ2v) is 15.3. The second-order valence-electron chi connectivity index (χ2n) is 8.53. The summed E-state index contributed by atoms with van der Waals surface area (Å²) in [4.78, 5) is 0.153. The highest BCUT2D eigenvalue weighted by Gasteiger charge is 2.43. The maximum Gasteiger partial charge on any atom is 0.294 e. The summed E-state index contributed by atoms with van der Waals surface area (Å²) >= 11 is 0. The van der Waals surface area contributed by atoms with Crippen LogP contribution >= 0.6 is 0 Å². The summed E-state index contributed by atoms with van der Waals surface area (Å²) in [6.07, 6.45) is 8.32. The first-order valence-corrected chi connectivity index (χ1v) is 14.5. The normalized spacial score (nSPS) is 12.9. The molecule has 156 valence electrons. The number of hydrogen-bond acceptors (Lipinski definition) is 2. The van der Waals surface area contributed by atoms with Crippen LogP contribution in [0.25, 0.3) is 0 Å². The van der Waals surface area contributed by atoms with Gasteiger partial charge >= 0.3 is 0 Å². The minimum atomic E-state index is -4.22. The van der Waals surface area contributed by atoms with Gasteiger partial charge in [0, 0.05) is 0 Å². The quantitative estimate of drug-likeness (QED) is 0.248. The van der Waals surface area contributed by atoms with Gasteiger partial charge in [-0.1, -0.05) is 98.2 Å². The number of benzene rings is 1. The Bertz CT molecular complexity index is 673. The van der Waals surface area contributed by atoms with Crippen molar-refractivity contribution in [2.24, 2.45) is 0 Å². The molecule has 1 rings (SSSR count). The van der Waals surface area contributed by atoms with Gasteiger partial charge in [-0.15, -0.1) is 0 Å². The lowest BCUT2D eigenvalue weighted by Gasteiger charge is -2.41. The summed E-state index contributed by atoms with van der Waals surface area (Å²) in [6, 6.07) is 6.66. The van der Waals surface area contributed by atoms with Crippen molar-refractivity contribution in [1.82, 2.24) is 0 Å². The number of hydrogen-bond donors (Lipinski definition) is 1. The van der Waals surface area contributed by atoms with Gasteiger partial charge < -0.3 is 0 Å². The van der Waals surface area contributed by atoms with Gasteiger partial charge in [-0.3, -0.25) is 4.55 Å². The fourth-order valence-corrected chi connectivity index (χ4v) is 12.0. The molecule has 0 bridgehead atoms. The predicted octanol–water partition coefficient (Wildman–Crippen LogP) is 6.33. The molecule has 1 aromatic rings. The van der Waals surface area contributed by atoms with Gasteiger partial charge in [-0.05, 0) is 34.3 Å². The van der Waals surface area contributed by atoms with E-state index >= 15 is 0 Å². The highest BCUT2D eigenvalue weighted by atomic mass is 32.2. The minimum Gasteiger partial charge on any atom is -0.282 e. The number of rotatable bonds is 12. The van der Waals surface area contributed by atoms with Gasteiger partial charge in [0.25, 0.3) is 10.1 Å². The molecule has 0 heterocycles. The van der Waals surface area contributed by atoms with Crippen LogP contribution in [0.2, 0.25) is 17.1 Å². The van der Waals surface area contributed by atoms with Gasteiger partial charge in [0.1, 0.15) is 0 Å². The first-order valence-electron chi connectivity index (χ1n) is 10.7. The van der Waals surface area contributed by atoms with E-state index in [1.165, 1.54) is 32.1 Å². The van der Waals surface area contributed by atoms with Crippen molar-refractivity contribution < 1.29 is 13.0 Å². The van der Waals surface area contributed by atoms with Crippen molar-refractivity contribution in [3.63, 3.8) is 0 Å². The molecule has 0 aliphatic heterocycles. The van der Waals surface area contributed by atoms with Gasteiger partial charge in [0.15, 0.2) is 0 Å². The molecular weight excluding hydrogens is 372 g/mol. The van der Waals surface area contributed by atoms with Gasteiger partial charge in [-0.2, -0.15) is 8.42 Å². The number of unbranched alkanes of at least 4 members (excludes halogenated alkanes) is 5. The average Bonchev–Trinajstić information content (AvgIpc) is 2.59. The third kappa shape index (κ3) is 6.16. The Kier molecular flexibility index (Phi) is 9.73. The lowest BCUT2D eigenvalue weighted by Crippen LogP contribution is -2.54. The number of aryl methyl sites for hydroxylation is 1. The highest BCUT2D eigenvalue weighted by molar-refractivity contribution is 7.86. The van der Waals surface area contributed by atoms with Crippen molar-refractivity contribution in [1.29, 1.82) is 0 Å². The molecular formula is C22H40O3SSi. The zero-order chi connectivity index (χ0) is 20.7. The zero-order valence-electron chi connectivity index (χ0n) is 18.2. The van der Waals surface area contributed by atoms with Crippen molar-refractivity contribution in [2.75, 3.05) is 0 Å². The summed E-state index contributed by atoms with van der Waals surface area (Å²) in [5.41, 5.74) is 1.99. The van der Waals surface area contributed by atoms with Crippen molar-refractivity contribution in [3.05, 3.63) is 23.8 Å². The van der Waals surface area contributed by atoms with Crippen LogP contribution in [0.4, 0.5) is 0 Å². The van der Waals surface area contributed by atoms with Crippen LogP contribution in [0, 0.1) is 0 Å². The van der Waals surface area contributed by atoms with Gasteiger partial charge in [0.2, 0.25) is 0 Å². The summed E-state index contributed by atoms with van der Waals surface area (Å²) < 4.78 is 34.3. The Morgan fingerprint density at radius 1 is 0.926 bits per heavy atom. The monoisotopic (exact) mass is 412 g/mol. The molecule has 0 aliphatic carbocycles. The zero-order valence-corrected chi connectivity index (χ0v) is 20.0. The third-order valence-corrected chi connectivity index (χ3v) is 14.0. The summed E-state index contributed by atoms with van der Waals surface area (Å²) in [5, 5.41) is 0.947. The molecule has 5 heteroatoms. The standard InChI is InChI=1S/C22H40O3SSi/c1-7-9-10-11-12-13-16-27(18(3)4,19(5)6)22-17-20(8-2)14-15-21(22)26(23,24)25/h14-15,17-19H,7-13,16H2,1-6H3,(H,23,24,25). The lowest BCUT2D eigenvalue weighted by atomic mass is 10.1. The van der Waals surface area contributed by atoms with Crippen molar-refractivity contribution >= 4 is 23.4 Å². The second kappa shape index (κ2) is 10.8. The maximum absolute atomic E-state index is 12.2. The minimum absolute atomic E-state index is 0.153. The van der Waals surface area contributed by atoms with Gasteiger partial charge in [0.05, 0.1) is 13.0 Å². The molecule has 1 aromatic carbocycles. The Morgan fingerprint density at radius 2 is 1.48 bits per heavy atom. The average molecular weight is 413 g/mol. The molecule has 0 aromatic heterocycles. The third-order valence-electron chi connectivity index (χ3n) is 6.24. The molecule has 0 radical (unpaired) electrons. The van der Waals surface area contributed by atoms with Crippen LogP contribution in [0.15, 0.2) is 23.1 Å². The molecule has 0 spiro atoms. The molecule has 1 N–H and O–H groups in total. The summed E-state index contributed by atoms with van der Waals surface area (Å²) in [7, 11) is -6.35. The molecule has 0 unspecified atom stereocenters. The van der Waals surface area contributed by atoms with Crippen molar-refractivity contribution in [3.8, 4) is 0 Å². The van der Waals surface area contributed by atoms with E-state index in [0.29, 0.717) is 11.1 Å². The molecule has 0 aliphatic rings. The largest absolute Gasteiger partial charge is 0.294 e. The Labute approximate surface area is 168 Å². The van der Waals surface area contributed by atoms with Crippen LogP contribution in [0.5, 0.6) is 0 Å². The van der Waals surface area contributed by atoms with Crippen LogP contribution in [-0.4, -0.2) is 21.0 Å². The van der Waals surface area contributed by atoms with E-state index in [1.807, 2.05) is 6.07 Å². The molecule has 0 fully saturated rings. The molecule has 0 saturated heterocycles. The molecule has 0 saturated carbocycles. The molecule has 3 nitrogen and oxygen atoms in total. The predicted molar refractivity (Wildman–Crippen MR) is 119 cm³/mol. The van der Waals surface area contributed by atoms with E-state index in [-0.39, 0.29) is 4.90 Å². The highest BCUT2D eigenvalue weighted by Crippen LogP contribution is 2.39. The summed E-state index contributed by atoms with van der Waals surface area (Å²) in [6.45, 7) is 13.3. The van der Waals surface area contributed by atoms with Gasteiger partial charge in [-0.25, -0.2) is 0 Å².